The number of nitrogens with zero attached hydrogens (tertiary/aromatic N) is 1. The van der Waals surface area contributed by atoms with Crippen LogP contribution >= 0.6 is 11.3 Å². The molecule has 5 nitrogen and oxygen atoms in total. The van der Waals surface area contributed by atoms with Crippen LogP contribution < -0.4 is 20.1 Å². The number of thiophene rings is 1. The zero-order valence-corrected chi connectivity index (χ0v) is 16.3. The third-order valence-electron chi connectivity index (χ3n) is 3.72. The summed E-state index contributed by atoms with van der Waals surface area (Å²) in [5, 5.41) is 6.64. The van der Waals surface area contributed by atoms with Gasteiger partial charge in [-0.3, -0.25) is 4.99 Å². The number of guanidine groups is 1. The zero-order valence-electron chi connectivity index (χ0n) is 15.5. The molecule has 0 unspecified atom stereocenters. The summed E-state index contributed by atoms with van der Waals surface area (Å²) in [6, 6.07) is 10.1. The summed E-state index contributed by atoms with van der Waals surface area (Å²) >= 11 is 1.82. The predicted molar refractivity (Wildman–Crippen MR) is 108 cm³/mol. The van der Waals surface area contributed by atoms with Crippen molar-refractivity contribution in [1.29, 1.82) is 0 Å². The second-order valence-corrected chi connectivity index (χ2v) is 6.73. The van der Waals surface area contributed by atoms with Crippen LogP contribution in [0.4, 0.5) is 0 Å². The van der Waals surface area contributed by atoms with Gasteiger partial charge in [0.1, 0.15) is 6.61 Å². The fraction of sp³-hybridized carbons (Fsp3) is 0.350. The number of terminal acetylenes is 1. The van der Waals surface area contributed by atoms with Crippen LogP contribution in [0.2, 0.25) is 0 Å². The minimum Gasteiger partial charge on any atom is -0.493 e. The van der Waals surface area contributed by atoms with E-state index in [1.807, 2.05) is 29.5 Å². The SMILES string of the molecule is C#CCOc1cc(CNC(=NC)NCc2ccc(CC)s2)ccc1OC. The summed E-state index contributed by atoms with van der Waals surface area (Å²) < 4.78 is 10.8. The highest BCUT2D eigenvalue weighted by atomic mass is 32.1. The van der Waals surface area contributed by atoms with Crippen molar-refractivity contribution in [2.45, 2.75) is 26.4 Å². The Bertz CT molecular complexity index is 778. The number of hydrogen-bond donors (Lipinski definition) is 2. The van der Waals surface area contributed by atoms with Gasteiger partial charge in [-0.25, -0.2) is 0 Å². The van der Waals surface area contributed by atoms with Crippen molar-refractivity contribution in [3.05, 3.63) is 45.6 Å². The molecule has 1 aromatic carbocycles. The number of aliphatic imine (C=N–C) groups is 1. The van der Waals surface area contributed by atoms with E-state index in [9.17, 15) is 0 Å². The lowest BCUT2D eigenvalue weighted by Gasteiger charge is -2.13. The topological polar surface area (TPSA) is 54.9 Å². The van der Waals surface area contributed by atoms with Crippen molar-refractivity contribution in [3.8, 4) is 23.8 Å². The zero-order chi connectivity index (χ0) is 18.8. The second kappa shape index (κ2) is 10.4. The standard InChI is InChI=1S/C20H25N3O2S/c1-5-11-25-19-12-15(7-10-18(19)24-4)13-22-20(21-3)23-14-17-9-8-16(6-2)26-17/h1,7-10,12H,6,11,13-14H2,2-4H3,(H2,21,22,23). The molecule has 0 bridgehead atoms. The van der Waals surface area contributed by atoms with Gasteiger partial charge in [-0.05, 0) is 36.2 Å². The number of hydrogen-bond acceptors (Lipinski definition) is 4. The first-order valence-corrected chi connectivity index (χ1v) is 9.27. The molecular weight excluding hydrogens is 346 g/mol. The Morgan fingerprint density at radius 1 is 1.15 bits per heavy atom. The van der Waals surface area contributed by atoms with E-state index in [1.54, 1.807) is 14.2 Å². The predicted octanol–water partition coefficient (Wildman–Crippen LogP) is 3.20. The smallest absolute Gasteiger partial charge is 0.191 e. The van der Waals surface area contributed by atoms with Crippen LogP contribution in [-0.2, 0) is 19.5 Å². The number of nitrogens with one attached hydrogen (secondary N) is 2. The van der Waals surface area contributed by atoms with E-state index < -0.39 is 0 Å². The largest absolute Gasteiger partial charge is 0.493 e. The van der Waals surface area contributed by atoms with Crippen molar-refractivity contribution in [2.75, 3.05) is 20.8 Å². The maximum Gasteiger partial charge on any atom is 0.191 e. The molecular formula is C20H25N3O2S. The highest BCUT2D eigenvalue weighted by Gasteiger charge is 2.07. The molecule has 0 aliphatic heterocycles. The van der Waals surface area contributed by atoms with Crippen LogP contribution in [0.3, 0.4) is 0 Å². The molecule has 0 saturated carbocycles. The molecule has 138 valence electrons. The number of ether oxygens (including phenoxy) is 2. The Hall–Kier alpha value is -2.65. The summed E-state index contributed by atoms with van der Waals surface area (Å²) in [6.07, 6.45) is 6.33. The third kappa shape index (κ3) is 5.71. The lowest BCUT2D eigenvalue weighted by Crippen LogP contribution is -2.36. The molecule has 6 heteroatoms. The minimum atomic E-state index is 0.205. The molecule has 0 amide bonds. The fourth-order valence-electron chi connectivity index (χ4n) is 2.35. The summed E-state index contributed by atoms with van der Waals surface area (Å²) in [7, 11) is 3.37. The first-order chi connectivity index (χ1) is 12.7. The summed E-state index contributed by atoms with van der Waals surface area (Å²) in [5.41, 5.74) is 1.05. The van der Waals surface area contributed by atoms with Crippen molar-refractivity contribution in [1.82, 2.24) is 10.6 Å². The van der Waals surface area contributed by atoms with Gasteiger partial charge in [0.15, 0.2) is 17.5 Å². The van der Waals surface area contributed by atoms with Crippen molar-refractivity contribution < 1.29 is 9.47 Å². The first kappa shape index (κ1) is 19.7. The van der Waals surface area contributed by atoms with Crippen LogP contribution in [-0.4, -0.2) is 26.7 Å². The van der Waals surface area contributed by atoms with Gasteiger partial charge in [-0.15, -0.1) is 17.8 Å². The Morgan fingerprint density at radius 3 is 2.58 bits per heavy atom. The molecule has 2 aromatic rings. The summed E-state index contributed by atoms with van der Waals surface area (Å²) in [4.78, 5) is 6.95. The molecule has 2 rings (SSSR count). The van der Waals surface area contributed by atoms with E-state index in [-0.39, 0.29) is 6.61 Å². The van der Waals surface area contributed by atoms with Gasteiger partial charge in [0.05, 0.1) is 13.7 Å². The lowest BCUT2D eigenvalue weighted by molar-refractivity contribution is 0.330. The molecule has 0 aliphatic carbocycles. The van der Waals surface area contributed by atoms with Crippen molar-refractivity contribution in [3.63, 3.8) is 0 Å². The highest BCUT2D eigenvalue weighted by molar-refractivity contribution is 7.11. The molecule has 0 fully saturated rings. The number of methoxy groups -OCH3 is 1. The van der Waals surface area contributed by atoms with E-state index in [1.165, 1.54) is 9.75 Å². The Labute approximate surface area is 159 Å². The van der Waals surface area contributed by atoms with E-state index in [0.717, 1.165) is 24.5 Å². The normalized spacial score (nSPS) is 10.9. The van der Waals surface area contributed by atoms with Crippen molar-refractivity contribution in [2.24, 2.45) is 4.99 Å². The molecule has 0 saturated heterocycles. The van der Waals surface area contributed by atoms with Crippen LogP contribution in [0, 0.1) is 12.3 Å². The molecule has 0 spiro atoms. The Balaban J connectivity index is 1.92. The minimum absolute atomic E-state index is 0.205. The lowest BCUT2D eigenvalue weighted by atomic mass is 10.2. The van der Waals surface area contributed by atoms with Crippen LogP contribution in [0.15, 0.2) is 35.3 Å². The van der Waals surface area contributed by atoms with Gasteiger partial charge < -0.3 is 20.1 Å². The number of aryl methyl sites for hydroxylation is 1. The first-order valence-electron chi connectivity index (χ1n) is 8.45. The molecule has 0 atom stereocenters. The van der Waals surface area contributed by atoms with Gasteiger partial charge in [-0.1, -0.05) is 18.9 Å². The number of benzene rings is 1. The molecule has 26 heavy (non-hydrogen) atoms. The Morgan fingerprint density at radius 2 is 1.92 bits per heavy atom. The summed E-state index contributed by atoms with van der Waals surface area (Å²) in [6.45, 7) is 3.74. The van der Waals surface area contributed by atoms with Gasteiger partial charge in [0.25, 0.3) is 0 Å². The van der Waals surface area contributed by atoms with Gasteiger partial charge in [-0.2, -0.15) is 0 Å². The third-order valence-corrected chi connectivity index (χ3v) is 4.95. The van der Waals surface area contributed by atoms with E-state index >= 15 is 0 Å². The van der Waals surface area contributed by atoms with Crippen LogP contribution in [0.1, 0.15) is 22.2 Å². The van der Waals surface area contributed by atoms with Crippen LogP contribution in [0.5, 0.6) is 11.5 Å². The maximum atomic E-state index is 5.54. The second-order valence-electron chi connectivity index (χ2n) is 5.48. The summed E-state index contributed by atoms with van der Waals surface area (Å²) in [5.74, 6) is 4.51. The average Bonchev–Trinajstić information content (AvgIpc) is 3.14. The maximum absolute atomic E-state index is 5.54. The monoisotopic (exact) mass is 371 g/mol. The van der Waals surface area contributed by atoms with Gasteiger partial charge in [0.2, 0.25) is 0 Å². The molecule has 1 aromatic heterocycles. The van der Waals surface area contributed by atoms with E-state index in [2.05, 4.69) is 40.6 Å². The highest BCUT2D eigenvalue weighted by Crippen LogP contribution is 2.28. The average molecular weight is 372 g/mol. The molecule has 1 heterocycles. The molecule has 2 N–H and O–H groups in total. The quantitative estimate of drug-likeness (QED) is 0.425. The van der Waals surface area contributed by atoms with Crippen LogP contribution in [0.25, 0.3) is 0 Å². The number of rotatable bonds is 8. The Kier molecular flexibility index (Phi) is 7.84. The van der Waals surface area contributed by atoms with E-state index in [0.29, 0.717) is 18.0 Å². The van der Waals surface area contributed by atoms with E-state index in [4.69, 9.17) is 15.9 Å². The molecule has 0 radical (unpaired) electrons. The fourth-order valence-corrected chi connectivity index (χ4v) is 3.25. The van der Waals surface area contributed by atoms with Crippen molar-refractivity contribution >= 4 is 17.3 Å². The van der Waals surface area contributed by atoms with Gasteiger partial charge >= 0.3 is 0 Å². The molecule has 0 aliphatic rings. The van der Waals surface area contributed by atoms with Gasteiger partial charge in [0, 0.05) is 23.3 Å².